The molecule has 0 heterocycles. The fourth-order valence-corrected chi connectivity index (χ4v) is 15.0. The number of rotatable bonds is 85. The molecule has 17 nitrogen and oxygen atoms in total. The van der Waals surface area contributed by atoms with Crippen molar-refractivity contribution >= 4 is 39.5 Å². The van der Waals surface area contributed by atoms with Crippen LogP contribution in [0.15, 0.2) is 0 Å². The van der Waals surface area contributed by atoms with E-state index in [1.807, 2.05) is 0 Å². The lowest BCUT2D eigenvalue weighted by Crippen LogP contribution is -2.30. The van der Waals surface area contributed by atoms with Crippen LogP contribution in [0, 0.1) is 11.8 Å². The molecule has 0 aromatic heterocycles. The second-order valence-electron chi connectivity index (χ2n) is 31.6. The van der Waals surface area contributed by atoms with Crippen LogP contribution in [0.3, 0.4) is 0 Å². The first kappa shape index (κ1) is 103. The van der Waals surface area contributed by atoms with E-state index >= 15 is 0 Å². The van der Waals surface area contributed by atoms with Gasteiger partial charge in [-0.25, -0.2) is 9.13 Å². The summed E-state index contributed by atoms with van der Waals surface area (Å²) < 4.78 is 68.8. The van der Waals surface area contributed by atoms with Crippen molar-refractivity contribution < 1.29 is 80.2 Å². The van der Waals surface area contributed by atoms with Crippen molar-refractivity contribution in [3.05, 3.63) is 0 Å². The van der Waals surface area contributed by atoms with Crippen LogP contribution in [0.2, 0.25) is 0 Å². The molecular weight excluding hydrogens is 1370 g/mol. The smallest absolute Gasteiger partial charge is 0.462 e. The van der Waals surface area contributed by atoms with E-state index < -0.39 is 97.5 Å². The molecule has 19 heteroatoms. The molecule has 0 spiro atoms. The van der Waals surface area contributed by atoms with Crippen molar-refractivity contribution in [3.8, 4) is 0 Å². The lowest BCUT2D eigenvalue weighted by molar-refractivity contribution is -0.161. The first-order valence-electron chi connectivity index (χ1n) is 44.5. The number of esters is 4. The zero-order valence-electron chi connectivity index (χ0n) is 69.0. The average molecular weight is 1540 g/mol. The number of aliphatic hydroxyl groups excluding tert-OH is 1. The zero-order valence-corrected chi connectivity index (χ0v) is 70.8. The van der Waals surface area contributed by atoms with Crippen LogP contribution in [0.4, 0.5) is 0 Å². The fraction of sp³-hybridized carbons (Fsp3) is 0.953. The molecule has 0 bridgehead atoms. The molecule has 624 valence electrons. The average Bonchev–Trinajstić information content (AvgIpc) is 0.908. The van der Waals surface area contributed by atoms with Gasteiger partial charge in [0.1, 0.15) is 19.3 Å². The zero-order chi connectivity index (χ0) is 77.1. The second-order valence-corrected chi connectivity index (χ2v) is 34.6. The van der Waals surface area contributed by atoms with Gasteiger partial charge in [0.05, 0.1) is 26.4 Å². The summed E-state index contributed by atoms with van der Waals surface area (Å²) in [5.41, 5.74) is 0. The molecule has 0 amide bonds. The SMILES string of the molecule is CCCCCCCCCCCCCCCCCCCCC(=O)O[C@H](COC(=O)CCCCCCCCC)COP(=O)(O)OC[C@H](O)COP(=O)(O)OC[C@@H](COC(=O)CCCCCCCCCCCCCCCCCC(C)C)OC(=O)CCCCCCCCCCCCCCCCCCCCC(C)CC. The number of hydrogen-bond acceptors (Lipinski definition) is 15. The molecule has 3 N–H and O–H groups in total. The Balaban J connectivity index is 5.16. The first-order valence-corrected chi connectivity index (χ1v) is 47.5. The molecule has 3 unspecified atom stereocenters. The number of aliphatic hydroxyl groups is 1. The highest BCUT2D eigenvalue weighted by Crippen LogP contribution is 2.45. The summed E-state index contributed by atoms with van der Waals surface area (Å²) in [5.74, 6) is -0.429. The van der Waals surface area contributed by atoms with Crippen LogP contribution in [-0.4, -0.2) is 96.7 Å². The highest BCUT2D eigenvalue weighted by atomic mass is 31.2. The molecule has 0 aromatic carbocycles. The minimum atomic E-state index is -4.96. The Hall–Kier alpha value is -1.94. The van der Waals surface area contributed by atoms with Crippen molar-refractivity contribution in [1.29, 1.82) is 0 Å². The van der Waals surface area contributed by atoms with E-state index in [1.165, 1.54) is 263 Å². The van der Waals surface area contributed by atoms with Crippen LogP contribution < -0.4 is 0 Å². The Morgan fingerprint density at radius 1 is 0.276 bits per heavy atom. The molecule has 0 aliphatic carbocycles. The van der Waals surface area contributed by atoms with Crippen molar-refractivity contribution in [2.45, 2.75) is 477 Å². The Morgan fingerprint density at radius 2 is 0.486 bits per heavy atom. The summed E-state index contributed by atoms with van der Waals surface area (Å²) in [7, 11) is -9.92. The molecule has 0 saturated carbocycles. The van der Waals surface area contributed by atoms with Gasteiger partial charge in [-0.1, -0.05) is 408 Å². The summed E-state index contributed by atoms with van der Waals surface area (Å²) >= 11 is 0. The molecule has 0 rings (SSSR count). The normalized spacial score (nSPS) is 14.1. The van der Waals surface area contributed by atoms with Crippen LogP contribution >= 0.6 is 15.6 Å². The fourth-order valence-electron chi connectivity index (χ4n) is 13.4. The van der Waals surface area contributed by atoms with E-state index in [0.717, 1.165) is 115 Å². The Kier molecular flexibility index (Phi) is 76.0. The predicted octanol–water partition coefficient (Wildman–Crippen LogP) is 26.2. The van der Waals surface area contributed by atoms with Gasteiger partial charge in [-0.15, -0.1) is 0 Å². The number of phosphoric ester groups is 2. The van der Waals surface area contributed by atoms with Gasteiger partial charge < -0.3 is 33.8 Å². The van der Waals surface area contributed by atoms with Crippen molar-refractivity contribution in [2.75, 3.05) is 39.6 Å². The minimum absolute atomic E-state index is 0.108. The van der Waals surface area contributed by atoms with Gasteiger partial charge in [0, 0.05) is 25.7 Å². The molecular formula is C86H168O17P2. The van der Waals surface area contributed by atoms with Crippen molar-refractivity contribution in [3.63, 3.8) is 0 Å². The molecule has 0 fully saturated rings. The summed E-state index contributed by atoms with van der Waals surface area (Å²) in [6.07, 6.45) is 69.6. The van der Waals surface area contributed by atoms with Gasteiger partial charge in [-0.3, -0.25) is 37.3 Å². The Bertz CT molecular complexity index is 2010. The molecule has 0 aliphatic heterocycles. The van der Waals surface area contributed by atoms with Crippen molar-refractivity contribution in [1.82, 2.24) is 0 Å². The summed E-state index contributed by atoms with van der Waals surface area (Å²) in [4.78, 5) is 73.1. The second kappa shape index (κ2) is 77.4. The number of phosphoric acid groups is 2. The maximum absolute atomic E-state index is 13.1. The van der Waals surface area contributed by atoms with Crippen LogP contribution in [0.1, 0.15) is 459 Å². The minimum Gasteiger partial charge on any atom is -0.462 e. The first-order chi connectivity index (χ1) is 50.9. The van der Waals surface area contributed by atoms with E-state index in [4.69, 9.17) is 37.0 Å². The van der Waals surface area contributed by atoms with Crippen LogP contribution in [-0.2, 0) is 65.4 Å². The van der Waals surface area contributed by atoms with E-state index in [2.05, 4.69) is 41.5 Å². The number of carbonyl (C=O) groups is 4. The summed E-state index contributed by atoms with van der Waals surface area (Å²) in [6, 6.07) is 0. The van der Waals surface area contributed by atoms with Gasteiger partial charge in [0.25, 0.3) is 0 Å². The highest BCUT2D eigenvalue weighted by Gasteiger charge is 2.30. The van der Waals surface area contributed by atoms with E-state index in [1.54, 1.807) is 0 Å². The number of hydrogen-bond donors (Lipinski definition) is 3. The predicted molar refractivity (Wildman–Crippen MR) is 432 cm³/mol. The van der Waals surface area contributed by atoms with E-state index in [-0.39, 0.29) is 25.7 Å². The van der Waals surface area contributed by atoms with Gasteiger partial charge in [-0.2, -0.15) is 0 Å². The Morgan fingerprint density at radius 3 is 0.724 bits per heavy atom. The van der Waals surface area contributed by atoms with Gasteiger partial charge >= 0.3 is 39.5 Å². The van der Waals surface area contributed by atoms with Crippen molar-refractivity contribution in [2.24, 2.45) is 11.8 Å². The number of unbranched alkanes of at least 4 members (excludes halogenated alkanes) is 54. The number of carbonyl (C=O) groups excluding carboxylic acids is 4. The molecule has 0 saturated heterocycles. The van der Waals surface area contributed by atoms with E-state index in [9.17, 15) is 43.2 Å². The Labute approximate surface area is 645 Å². The molecule has 6 atom stereocenters. The van der Waals surface area contributed by atoms with E-state index in [0.29, 0.717) is 25.7 Å². The molecule has 0 aliphatic rings. The molecule has 0 radical (unpaired) electrons. The van der Waals surface area contributed by atoms with Gasteiger partial charge in [0.15, 0.2) is 12.2 Å². The van der Waals surface area contributed by atoms with Crippen LogP contribution in [0.25, 0.3) is 0 Å². The summed E-state index contributed by atoms with van der Waals surface area (Å²) in [6.45, 7) is 9.72. The number of ether oxygens (including phenoxy) is 4. The lowest BCUT2D eigenvalue weighted by Gasteiger charge is -2.21. The topological polar surface area (TPSA) is 237 Å². The maximum atomic E-state index is 13.1. The standard InChI is InChI=1S/C86H168O17P2/c1-7-10-12-14-16-17-18-19-20-21-25-30-36-41-46-52-58-64-70-85(90)102-81(74-96-83(88)68-62-56-48-15-13-11-8-2)76-100-104(92,93)98-72-80(87)73-99-105(94,95)101-77-82(75-97-84(89)69-63-57-51-45-40-35-32-27-28-33-38-43-49-54-60-66-78(4)5)103-86(91)71-65-59-53-47-42-37-31-26-23-22-24-29-34-39-44-50-55-61-67-79(6)9-3/h78-82,87H,7-77H2,1-6H3,(H,92,93)(H,94,95)/t79?,80-,81+,82+/m0/s1. The van der Waals surface area contributed by atoms with Crippen LogP contribution in [0.5, 0.6) is 0 Å². The lowest BCUT2D eigenvalue weighted by atomic mass is 9.99. The third-order valence-electron chi connectivity index (χ3n) is 20.6. The summed E-state index contributed by atoms with van der Waals surface area (Å²) in [5, 5.41) is 10.7. The maximum Gasteiger partial charge on any atom is 0.472 e. The van der Waals surface area contributed by atoms with Gasteiger partial charge in [-0.05, 0) is 37.5 Å². The molecule has 105 heavy (non-hydrogen) atoms. The largest absolute Gasteiger partial charge is 0.472 e. The third kappa shape index (κ3) is 78.5. The molecule has 0 aromatic rings. The monoisotopic (exact) mass is 1540 g/mol. The third-order valence-corrected chi connectivity index (χ3v) is 22.5. The van der Waals surface area contributed by atoms with Gasteiger partial charge in [0.2, 0.25) is 0 Å². The quantitative estimate of drug-likeness (QED) is 0.0222. The highest BCUT2D eigenvalue weighted by molar-refractivity contribution is 7.47.